The van der Waals surface area contributed by atoms with Crippen LogP contribution < -0.4 is 10.5 Å². The molecule has 1 rings (SSSR count). The zero-order valence-corrected chi connectivity index (χ0v) is 14.0. The average molecular weight is 382 g/mol. The topological polar surface area (TPSA) is 116 Å². The number of rotatable bonds is 8. The fraction of sp³-hybridized carbons (Fsp3) is 0.429. The number of ether oxygens (including phenoxy) is 1. The number of amides is 1. The Morgan fingerprint density at radius 1 is 1.32 bits per heavy atom. The molecule has 1 aromatic carbocycles. The Balaban J connectivity index is 2.57. The number of alkyl halides is 3. The van der Waals surface area contributed by atoms with E-state index >= 15 is 0 Å². The van der Waals surface area contributed by atoms with Gasteiger partial charge in [-0.05, 0) is 31.5 Å². The standard InChI is InChI=1S/C14H17F3N2O5S/c1-9(13(18)21)24-12(20)6-3-7-19-25(22,23)11-5-2-4-10(8-11)14(15,16)17/h2,4-5,8-9,19H,3,6-7H2,1H3,(H2,18,21)/t9-/m1/s1. The van der Waals surface area contributed by atoms with E-state index in [1.165, 1.54) is 6.92 Å². The Morgan fingerprint density at radius 2 is 1.96 bits per heavy atom. The molecule has 1 atom stereocenters. The van der Waals surface area contributed by atoms with Gasteiger partial charge >= 0.3 is 12.1 Å². The number of sulfonamides is 1. The van der Waals surface area contributed by atoms with Crippen molar-refractivity contribution in [2.45, 2.75) is 36.9 Å². The number of primary amides is 1. The molecule has 1 amide bonds. The van der Waals surface area contributed by atoms with Crippen molar-refractivity contribution in [3.05, 3.63) is 29.8 Å². The third-order valence-corrected chi connectivity index (χ3v) is 4.49. The molecule has 0 radical (unpaired) electrons. The molecule has 140 valence electrons. The quantitative estimate of drug-likeness (QED) is 0.517. The van der Waals surface area contributed by atoms with Crippen LogP contribution in [0.25, 0.3) is 0 Å². The van der Waals surface area contributed by atoms with E-state index < -0.39 is 44.6 Å². The number of carbonyl (C=O) groups is 2. The zero-order chi connectivity index (χ0) is 19.3. The minimum Gasteiger partial charge on any atom is -0.453 e. The molecule has 0 saturated carbocycles. The first-order valence-electron chi connectivity index (χ1n) is 7.09. The molecule has 25 heavy (non-hydrogen) atoms. The number of carbonyl (C=O) groups excluding carboxylic acids is 2. The highest BCUT2D eigenvalue weighted by atomic mass is 32.2. The summed E-state index contributed by atoms with van der Waals surface area (Å²) >= 11 is 0. The second-order valence-electron chi connectivity index (χ2n) is 5.06. The first kappa shape index (κ1) is 20.9. The van der Waals surface area contributed by atoms with Crippen LogP contribution in [0.1, 0.15) is 25.3 Å². The van der Waals surface area contributed by atoms with Crippen LogP contribution in [-0.4, -0.2) is 32.9 Å². The molecule has 1 aromatic rings. The molecule has 0 aliphatic heterocycles. The highest BCUT2D eigenvalue weighted by molar-refractivity contribution is 7.89. The number of nitrogens with two attached hydrogens (primary N) is 1. The molecule has 0 fully saturated rings. The second-order valence-corrected chi connectivity index (χ2v) is 6.83. The molecule has 0 aliphatic rings. The van der Waals surface area contributed by atoms with Crippen LogP contribution in [0, 0.1) is 0 Å². The number of benzene rings is 1. The second kappa shape index (κ2) is 8.30. The summed E-state index contributed by atoms with van der Waals surface area (Å²) in [5.41, 5.74) is 3.83. The number of hydrogen-bond acceptors (Lipinski definition) is 5. The lowest BCUT2D eigenvalue weighted by Crippen LogP contribution is -2.31. The molecule has 0 spiro atoms. The van der Waals surface area contributed by atoms with Crippen LogP contribution in [0.15, 0.2) is 29.2 Å². The third kappa shape index (κ3) is 6.70. The lowest BCUT2D eigenvalue weighted by Gasteiger charge is -2.11. The fourth-order valence-electron chi connectivity index (χ4n) is 1.68. The van der Waals surface area contributed by atoms with Crippen LogP contribution in [-0.2, 0) is 30.5 Å². The summed E-state index contributed by atoms with van der Waals surface area (Å²) in [7, 11) is -4.15. The Kier molecular flexibility index (Phi) is 6.94. The number of nitrogens with one attached hydrogen (secondary N) is 1. The van der Waals surface area contributed by atoms with Crippen LogP contribution in [0.2, 0.25) is 0 Å². The molecule has 0 bridgehead atoms. The minimum atomic E-state index is -4.66. The van der Waals surface area contributed by atoms with Gasteiger partial charge in [-0.2, -0.15) is 13.2 Å². The van der Waals surface area contributed by atoms with Gasteiger partial charge in [-0.25, -0.2) is 13.1 Å². The highest BCUT2D eigenvalue weighted by Crippen LogP contribution is 2.30. The van der Waals surface area contributed by atoms with Crippen LogP contribution in [0.3, 0.4) is 0 Å². The first-order chi connectivity index (χ1) is 11.4. The van der Waals surface area contributed by atoms with E-state index in [4.69, 9.17) is 5.73 Å². The maximum absolute atomic E-state index is 12.6. The number of esters is 1. The molecule has 3 N–H and O–H groups in total. The van der Waals surface area contributed by atoms with Crippen molar-refractivity contribution >= 4 is 21.9 Å². The molecule has 0 aromatic heterocycles. The summed E-state index contributed by atoms with van der Waals surface area (Å²) in [6.45, 7) is 1.09. The molecule has 7 nitrogen and oxygen atoms in total. The van der Waals surface area contributed by atoms with Gasteiger partial charge in [0.05, 0.1) is 10.5 Å². The Labute approximate surface area is 142 Å². The minimum absolute atomic E-state index is 0.0303. The highest BCUT2D eigenvalue weighted by Gasteiger charge is 2.31. The maximum atomic E-state index is 12.6. The molecule has 0 unspecified atom stereocenters. The van der Waals surface area contributed by atoms with Gasteiger partial charge in [0.1, 0.15) is 0 Å². The van der Waals surface area contributed by atoms with Crippen LogP contribution >= 0.6 is 0 Å². The van der Waals surface area contributed by atoms with Gasteiger partial charge in [-0.3, -0.25) is 9.59 Å². The van der Waals surface area contributed by atoms with Crippen molar-refractivity contribution < 1.29 is 35.9 Å². The maximum Gasteiger partial charge on any atom is 0.416 e. The van der Waals surface area contributed by atoms with Crippen molar-refractivity contribution in [1.29, 1.82) is 0 Å². The van der Waals surface area contributed by atoms with Crippen LogP contribution in [0.5, 0.6) is 0 Å². The van der Waals surface area contributed by atoms with Gasteiger partial charge in [0.25, 0.3) is 5.91 Å². The van der Waals surface area contributed by atoms with Gasteiger partial charge in [-0.1, -0.05) is 6.07 Å². The number of hydrogen-bond donors (Lipinski definition) is 2. The molecule has 0 aliphatic carbocycles. The monoisotopic (exact) mass is 382 g/mol. The smallest absolute Gasteiger partial charge is 0.416 e. The predicted octanol–water partition coefficient (Wildman–Crippen LogP) is 1.18. The SMILES string of the molecule is C[C@@H](OC(=O)CCCNS(=O)(=O)c1cccc(C(F)(F)F)c1)C(N)=O. The van der Waals surface area contributed by atoms with Crippen molar-refractivity contribution in [3.63, 3.8) is 0 Å². The van der Waals surface area contributed by atoms with E-state index in [0.29, 0.717) is 6.07 Å². The molecular formula is C14H17F3N2O5S. The molecule has 0 saturated heterocycles. The van der Waals surface area contributed by atoms with E-state index in [1.54, 1.807) is 0 Å². The van der Waals surface area contributed by atoms with Crippen LogP contribution in [0.4, 0.5) is 13.2 Å². The van der Waals surface area contributed by atoms with Gasteiger partial charge in [-0.15, -0.1) is 0 Å². The summed E-state index contributed by atoms with van der Waals surface area (Å²) < 4.78 is 68.5. The molecule has 11 heteroatoms. The predicted molar refractivity (Wildman–Crippen MR) is 80.6 cm³/mol. The fourth-order valence-corrected chi connectivity index (χ4v) is 2.80. The largest absolute Gasteiger partial charge is 0.453 e. The van der Waals surface area contributed by atoms with Crippen molar-refractivity contribution in [1.82, 2.24) is 4.72 Å². The Bertz CT molecular complexity index is 734. The summed E-state index contributed by atoms with van der Waals surface area (Å²) in [6, 6.07) is 3.29. The van der Waals surface area contributed by atoms with Gasteiger partial charge in [0, 0.05) is 13.0 Å². The molecular weight excluding hydrogens is 365 g/mol. The van der Waals surface area contributed by atoms with E-state index in [1.807, 2.05) is 0 Å². The van der Waals surface area contributed by atoms with Crippen molar-refractivity contribution in [3.8, 4) is 0 Å². The zero-order valence-electron chi connectivity index (χ0n) is 13.2. The normalized spacial score (nSPS) is 13.3. The Morgan fingerprint density at radius 3 is 2.52 bits per heavy atom. The van der Waals surface area contributed by atoms with Gasteiger partial charge in [0.15, 0.2) is 6.10 Å². The lowest BCUT2D eigenvalue weighted by molar-refractivity contribution is -0.153. The summed E-state index contributed by atoms with van der Waals surface area (Å²) in [4.78, 5) is 21.6. The van der Waals surface area contributed by atoms with Gasteiger partial charge in [0.2, 0.25) is 10.0 Å². The van der Waals surface area contributed by atoms with Gasteiger partial charge < -0.3 is 10.5 Å². The first-order valence-corrected chi connectivity index (χ1v) is 8.57. The van der Waals surface area contributed by atoms with E-state index in [9.17, 15) is 31.2 Å². The third-order valence-electron chi connectivity index (χ3n) is 3.03. The molecule has 0 heterocycles. The number of halogens is 3. The summed E-state index contributed by atoms with van der Waals surface area (Å²) in [5.74, 6) is -1.57. The van der Waals surface area contributed by atoms with E-state index in [2.05, 4.69) is 9.46 Å². The summed E-state index contributed by atoms with van der Waals surface area (Å²) in [5, 5.41) is 0. The lowest BCUT2D eigenvalue weighted by atomic mass is 10.2. The Hall–Kier alpha value is -2.14. The van der Waals surface area contributed by atoms with Crippen molar-refractivity contribution in [2.24, 2.45) is 5.73 Å². The summed E-state index contributed by atoms with van der Waals surface area (Å²) in [6.07, 6.45) is -5.92. The van der Waals surface area contributed by atoms with E-state index in [0.717, 1.165) is 18.2 Å². The van der Waals surface area contributed by atoms with Crippen molar-refractivity contribution in [2.75, 3.05) is 6.54 Å². The van der Waals surface area contributed by atoms with E-state index in [-0.39, 0.29) is 19.4 Å². The average Bonchev–Trinajstić information content (AvgIpc) is 2.50.